The Morgan fingerprint density at radius 2 is 1.70 bits per heavy atom. The Hall–Kier alpha value is 0.383. The molecule has 0 aliphatic carbocycles. The van der Waals surface area contributed by atoms with Gasteiger partial charge in [0.15, 0.2) is 0 Å². The summed E-state index contributed by atoms with van der Waals surface area (Å²) in [5.74, 6) is 0. The maximum atomic E-state index is 5.86. The van der Waals surface area contributed by atoms with E-state index in [1.807, 2.05) is 31.2 Å². The third-order valence-corrected chi connectivity index (χ3v) is 2.50. The normalized spacial score (nSPS) is 8.30. The van der Waals surface area contributed by atoms with Gasteiger partial charge in [-0.05, 0) is 0 Å². The minimum Gasteiger partial charge on any atom is -0.392 e. The van der Waals surface area contributed by atoms with E-state index in [4.69, 9.17) is 13.3 Å². The molecule has 0 aromatic heterocycles. The van der Waals surface area contributed by atoms with Crippen LogP contribution in [0.3, 0.4) is 0 Å². The van der Waals surface area contributed by atoms with Crippen molar-refractivity contribution in [2.24, 2.45) is 0 Å². The Morgan fingerprint density at radius 1 is 1.20 bits per heavy atom. The average molecular weight is 410 g/mol. The number of allylic oxidation sites excluding steroid dienone is 1. The van der Waals surface area contributed by atoms with E-state index in [1.165, 1.54) is 0 Å². The molecular weight excluding hydrogens is 395 g/mol. The van der Waals surface area contributed by atoms with E-state index in [9.17, 15) is 0 Å². The number of rotatable bonds is 2. The largest absolute Gasteiger partial charge is 3.00 e. The van der Waals surface area contributed by atoms with Crippen LogP contribution in [0.1, 0.15) is 12.5 Å². The molecule has 0 heterocycles. The van der Waals surface area contributed by atoms with Gasteiger partial charge in [0, 0.05) is 47.8 Å². The zero-order valence-electron chi connectivity index (χ0n) is 12.1. The quantitative estimate of drug-likeness (QED) is 0.310. The maximum absolute atomic E-state index is 5.86. The van der Waals surface area contributed by atoms with E-state index in [0.29, 0.717) is 0 Å². The second-order valence-electron chi connectivity index (χ2n) is 3.80. The molecule has 0 unspecified atom stereocenters. The molecule has 2 aromatic rings. The first-order valence-electron chi connectivity index (χ1n) is 5.04. The summed E-state index contributed by atoms with van der Waals surface area (Å²) in [5.41, 5.74) is 2.45. The number of nitrogens with zero attached hydrogens (tertiary/aromatic N) is 1. The van der Waals surface area contributed by atoms with Crippen LogP contribution in [-0.4, -0.2) is 26.8 Å². The molecule has 0 atom stereocenters. The van der Waals surface area contributed by atoms with Gasteiger partial charge in [-0.3, -0.25) is 0 Å². The number of hydrogen-bond acceptors (Lipinski definition) is 0. The van der Waals surface area contributed by atoms with E-state index in [2.05, 4.69) is 12.1 Å². The van der Waals surface area contributed by atoms with E-state index in [0.717, 1.165) is 27.6 Å². The minimum atomic E-state index is 0. The summed E-state index contributed by atoms with van der Waals surface area (Å²) in [6.07, 6.45) is 0. The first-order chi connectivity index (χ1) is 7.61. The number of fused-ring (bicyclic) bond motifs is 1. The van der Waals surface area contributed by atoms with Gasteiger partial charge in [-0.25, -0.2) is 22.9 Å². The van der Waals surface area contributed by atoms with Gasteiger partial charge in [0.25, 0.3) is 0 Å². The van der Waals surface area contributed by atoms with Crippen molar-refractivity contribution in [2.45, 2.75) is 6.92 Å². The number of benzene rings is 2. The molecule has 2 rings (SSSR count). The van der Waals surface area contributed by atoms with Crippen molar-refractivity contribution in [1.82, 2.24) is 0 Å². The third-order valence-electron chi connectivity index (χ3n) is 2.50. The Balaban J connectivity index is -0.000000722. The van der Waals surface area contributed by atoms with Gasteiger partial charge in [-0.15, -0.1) is 6.92 Å². The molecule has 0 N–H and O–H groups in total. The summed E-state index contributed by atoms with van der Waals surface area (Å²) >= 11 is 0. The van der Waals surface area contributed by atoms with Crippen LogP contribution in [0, 0.1) is 26.1 Å². The van der Waals surface area contributed by atoms with Crippen molar-refractivity contribution >= 4 is 37.2 Å². The van der Waals surface area contributed by atoms with Gasteiger partial charge in [-0.2, -0.15) is 24.3 Å². The molecule has 1 nitrogen and oxygen atoms in total. The molecule has 0 fully saturated rings. The second-order valence-corrected chi connectivity index (χ2v) is 3.80. The molecule has 0 saturated heterocycles. The van der Waals surface area contributed by atoms with E-state index >= 15 is 0 Å². The Labute approximate surface area is 175 Å². The van der Waals surface area contributed by atoms with Crippen molar-refractivity contribution < 1.29 is 70.0 Å². The summed E-state index contributed by atoms with van der Waals surface area (Å²) in [6, 6.07) is 14.0. The van der Waals surface area contributed by atoms with Crippen LogP contribution >= 0.6 is 0 Å². The smallest absolute Gasteiger partial charge is 0.392 e. The Morgan fingerprint density at radius 3 is 2.15 bits per heavy atom. The first kappa shape index (κ1) is 25.3. The average Bonchev–Trinajstić information content (AvgIpc) is 2.27. The van der Waals surface area contributed by atoms with Crippen molar-refractivity contribution in [3.8, 4) is 0 Å². The van der Waals surface area contributed by atoms with Crippen LogP contribution in [0.15, 0.2) is 24.3 Å². The maximum Gasteiger partial charge on any atom is 3.00 e. The fourth-order valence-electron chi connectivity index (χ4n) is 1.78. The van der Waals surface area contributed by atoms with Gasteiger partial charge in [0.2, 0.25) is 0 Å². The topological polar surface area (TPSA) is 3.01 Å². The van der Waals surface area contributed by atoms with Gasteiger partial charge >= 0.3 is 32.7 Å². The third kappa shape index (κ3) is 5.30. The molecule has 0 aliphatic rings. The summed E-state index contributed by atoms with van der Waals surface area (Å²) < 4.78 is 1.54. The van der Waals surface area contributed by atoms with E-state index in [1.54, 1.807) is 11.6 Å². The fourth-order valence-corrected chi connectivity index (χ4v) is 1.78. The van der Waals surface area contributed by atoms with Gasteiger partial charge in [0.1, 0.15) is 7.05 Å². The first-order valence-corrected chi connectivity index (χ1v) is 5.04. The summed E-state index contributed by atoms with van der Waals surface area (Å²) in [4.78, 5) is 0. The van der Waals surface area contributed by atoms with Crippen LogP contribution in [0.5, 0.6) is 0 Å². The van der Waals surface area contributed by atoms with Crippen LogP contribution in [-0.2, 0) is 65.4 Å². The zero-order chi connectivity index (χ0) is 11.7. The summed E-state index contributed by atoms with van der Waals surface area (Å²) in [5, 5.41) is 2.08. The summed E-state index contributed by atoms with van der Waals surface area (Å²) in [7, 11) is 1.79. The van der Waals surface area contributed by atoms with Crippen molar-refractivity contribution in [3.05, 3.63) is 56.0 Å². The molecule has 4 radical (unpaired) electrons. The van der Waals surface area contributed by atoms with Crippen LogP contribution in [0.2, 0.25) is 0 Å². The van der Waals surface area contributed by atoms with Gasteiger partial charge in [-0.1, -0.05) is 5.69 Å². The number of hydrogen-bond donors (Lipinski definition) is 0. The zero-order valence-corrected chi connectivity index (χ0v) is 17.8. The molecule has 94 valence electrons. The van der Waals surface area contributed by atoms with Crippen LogP contribution < -0.4 is 0 Å². The van der Waals surface area contributed by atoms with Crippen LogP contribution in [0.4, 0.5) is 5.69 Å². The van der Waals surface area contributed by atoms with Gasteiger partial charge in [0.05, 0.1) is 0 Å². The molecule has 0 bridgehead atoms. The van der Waals surface area contributed by atoms with Crippen molar-refractivity contribution in [1.29, 1.82) is 0 Å². The van der Waals surface area contributed by atoms with Gasteiger partial charge < -0.3 is 29.7 Å². The molecule has 20 heavy (non-hydrogen) atoms. The van der Waals surface area contributed by atoms with Crippen molar-refractivity contribution in [2.75, 3.05) is 7.05 Å². The fraction of sp³-hybridized carbons (Fsp3) is 0.125. The summed E-state index contributed by atoms with van der Waals surface area (Å²) in [6.45, 7) is 13.5. The van der Waals surface area contributed by atoms with Crippen molar-refractivity contribution in [3.63, 3.8) is 0 Å². The molecule has 2 aromatic carbocycles. The Bertz CT molecular complexity index is 545. The minimum absolute atomic E-state index is 0. The molecule has 0 aliphatic heterocycles. The molecule has 0 spiro atoms. The predicted octanol–water partition coefficient (Wildman–Crippen LogP) is 3.19. The predicted molar refractivity (Wildman–Crippen MR) is 79.1 cm³/mol. The monoisotopic (exact) mass is 410 g/mol. The van der Waals surface area contributed by atoms with E-state index < -0.39 is 0 Å². The second kappa shape index (κ2) is 11.0. The molecule has 4 heteroatoms. The SMILES string of the molecule is [B].[CH-]=C(C)c1[c-]ccc2cc[c-]c([N+](=[CH-])C)c12.[CH3-].[Y+3].[Y]. The van der Waals surface area contributed by atoms with E-state index in [-0.39, 0.29) is 81.3 Å². The molecule has 0 amide bonds. The Kier molecular flexibility index (Phi) is 14.0. The molecular formula is C16H15BNY2-. The standard InChI is InChI=1S/C15H12N.CH3.B.2Y/c1-11(2)13-9-5-7-12-8-6-10-14(15(12)13)16(3)4;;;;/h1,3,5-8H,2,4H3;1H3;;;/q-3;-1;;;+3. The van der Waals surface area contributed by atoms with Crippen LogP contribution in [0.25, 0.3) is 16.3 Å². The molecule has 0 saturated carbocycles.